The molecule has 0 unspecified atom stereocenters. The Morgan fingerprint density at radius 3 is 1.48 bits per heavy atom. The first-order valence-corrected chi connectivity index (χ1v) is 8.88. The minimum atomic E-state index is -0.931. The third kappa shape index (κ3) is 8.60. The largest absolute Gasteiger partial charge is 0.478 e. The lowest BCUT2D eigenvalue weighted by Crippen LogP contribution is -2.50. The molecule has 4 nitrogen and oxygen atoms in total. The summed E-state index contributed by atoms with van der Waals surface area (Å²) >= 11 is 0. The number of rotatable bonds is 9. The Kier molecular flexibility index (Phi) is 11.1. The first kappa shape index (κ1) is 21.4. The van der Waals surface area contributed by atoms with Gasteiger partial charge < -0.3 is 15.3 Å². The van der Waals surface area contributed by atoms with Crippen molar-refractivity contribution < 1.29 is 14.4 Å². The van der Waals surface area contributed by atoms with Crippen LogP contribution in [0.3, 0.4) is 0 Å². The fourth-order valence-electron chi connectivity index (χ4n) is 3.19. The molecule has 0 aromatic heterocycles. The van der Waals surface area contributed by atoms with Crippen molar-refractivity contribution in [3.05, 3.63) is 29.8 Å². The first-order valence-electron chi connectivity index (χ1n) is 8.88. The number of nitrogens with two attached hydrogens (primary N) is 1. The van der Waals surface area contributed by atoms with Crippen LogP contribution >= 0.6 is 0 Å². The summed E-state index contributed by atoms with van der Waals surface area (Å²) in [6, 6.07) is 6.06. The number of benzene rings is 1. The van der Waals surface area contributed by atoms with Gasteiger partial charge in [0.25, 0.3) is 0 Å². The standard InChI is InChI=1S/C12H28N.C7H7NO2/c1-5-9-13(10-6-2,11-7-3)12-8-4;8-6-3-1-5(2-4-6)7(9)10/h5-12H2,1-4H3;1-4H,8H2,(H,9,10)/q+1;. The Hall–Kier alpha value is -1.55. The maximum absolute atomic E-state index is 10.3. The highest BCUT2D eigenvalue weighted by Crippen LogP contribution is 2.12. The van der Waals surface area contributed by atoms with Crippen molar-refractivity contribution in [2.24, 2.45) is 0 Å². The molecular formula is C19H35N2O2+. The van der Waals surface area contributed by atoms with Crippen LogP contribution in [0.15, 0.2) is 24.3 Å². The zero-order chi connectivity index (χ0) is 17.7. The monoisotopic (exact) mass is 323 g/mol. The lowest BCUT2D eigenvalue weighted by molar-refractivity contribution is -0.928. The van der Waals surface area contributed by atoms with Gasteiger partial charge in [-0.3, -0.25) is 0 Å². The maximum atomic E-state index is 10.3. The predicted octanol–water partition coefficient (Wildman–Crippen LogP) is 4.41. The van der Waals surface area contributed by atoms with Crippen LogP contribution in [0.4, 0.5) is 5.69 Å². The maximum Gasteiger partial charge on any atom is 0.335 e. The summed E-state index contributed by atoms with van der Waals surface area (Å²) < 4.78 is 1.38. The summed E-state index contributed by atoms with van der Waals surface area (Å²) in [5.41, 5.74) is 6.17. The average Bonchev–Trinajstić information content (AvgIpc) is 2.49. The lowest BCUT2D eigenvalue weighted by Gasteiger charge is -2.38. The van der Waals surface area contributed by atoms with E-state index >= 15 is 0 Å². The van der Waals surface area contributed by atoms with Gasteiger partial charge in [-0.2, -0.15) is 0 Å². The summed E-state index contributed by atoms with van der Waals surface area (Å²) in [7, 11) is 0. The van der Waals surface area contributed by atoms with Crippen LogP contribution in [0, 0.1) is 0 Å². The number of hydrogen-bond acceptors (Lipinski definition) is 2. The molecule has 0 saturated heterocycles. The molecule has 23 heavy (non-hydrogen) atoms. The van der Waals surface area contributed by atoms with Crippen LogP contribution in [-0.2, 0) is 0 Å². The number of quaternary nitrogens is 1. The molecule has 0 amide bonds. The Morgan fingerprint density at radius 2 is 1.22 bits per heavy atom. The van der Waals surface area contributed by atoms with E-state index in [9.17, 15) is 4.79 Å². The van der Waals surface area contributed by atoms with Gasteiger partial charge in [0.15, 0.2) is 0 Å². The smallest absolute Gasteiger partial charge is 0.335 e. The van der Waals surface area contributed by atoms with Crippen LogP contribution in [0.2, 0.25) is 0 Å². The van der Waals surface area contributed by atoms with Crippen LogP contribution in [0.25, 0.3) is 0 Å². The summed E-state index contributed by atoms with van der Waals surface area (Å²) in [5.74, 6) is -0.931. The fourth-order valence-corrected chi connectivity index (χ4v) is 3.19. The molecule has 1 aromatic carbocycles. The van der Waals surface area contributed by atoms with Crippen LogP contribution in [-0.4, -0.2) is 41.7 Å². The minimum absolute atomic E-state index is 0.259. The van der Waals surface area contributed by atoms with Crippen molar-refractivity contribution in [3.8, 4) is 0 Å². The highest BCUT2D eigenvalue weighted by atomic mass is 16.4. The second-order valence-corrected chi connectivity index (χ2v) is 6.16. The van der Waals surface area contributed by atoms with Crippen LogP contribution in [0.1, 0.15) is 63.7 Å². The Labute approximate surface area is 141 Å². The molecule has 3 N–H and O–H groups in total. The van der Waals surface area contributed by atoms with Gasteiger partial charge in [0.2, 0.25) is 0 Å². The van der Waals surface area contributed by atoms with E-state index in [4.69, 9.17) is 10.8 Å². The SMILES string of the molecule is CCC[N+](CCC)(CCC)CCC.Nc1ccc(C(=O)O)cc1. The van der Waals surface area contributed by atoms with E-state index in [1.807, 2.05) is 0 Å². The molecule has 0 aliphatic carbocycles. The summed E-state index contributed by atoms with van der Waals surface area (Å²) in [6.45, 7) is 14.8. The Morgan fingerprint density at radius 1 is 0.870 bits per heavy atom. The van der Waals surface area contributed by atoms with E-state index in [1.54, 1.807) is 12.1 Å². The lowest BCUT2D eigenvalue weighted by atomic mass is 10.2. The quantitative estimate of drug-likeness (QED) is 0.522. The van der Waals surface area contributed by atoms with E-state index in [1.165, 1.54) is 68.5 Å². The van der Waals surface area contributed by atoms with Crippen molar-refractivity contribution in [3.63, 3.8) is 0 Å². The molecule has 0 heterocycles. The third-order valence-electron chi connectivity index (χ3n) is 3.95. The molecular weight excluding hydrogens is 288 g/mol. The molecule has 0 fully saturated rings. The number of carboxylic acid groups (broad SMARTS) is 1. The number of nitrogen functional groups attached to an aromatic ring is 1. The molecule has 1 aromatic rings. The van der Waals surface area contributed by atoms with Crippen molar-refractivity contribution in [1.29, 1.82) is 0 Å². The minimum Gasteiger partial charge on any atom is -0.478 e. The molecule has 0 atom stereocenters. The zero-order valence-corrected chi connectivity index (χ0v) is 15.3. The summed E-state index contributed by atoms with van der Waals surface area (Å²) in [5, 5.41) is 8.43. The highest BCUT2D eigenvalue weighted by Gasteiger charge is 2.22. The molecule has 0 saturated carbocycles. The number of carbonyl (C=O) groups is 1. The topological polar surface area (TPSA) is 63.3 Å². The number of anilines is 1. The number of aromatic carboxylic acids is 1. The highest BCUT2D eigenvalue weighted by molar-refractivity contribution is 5.87. The van der Waals surface area contributed by atoms with Crippen molar-refractivity contribution >= 4 is 11.7 Å². The van der Waals surface area contributed by atoms with Crippen LogP contribution in [0.5, 0.6) is 0 Å². The molecule has 1 rings (SSSR count). The molecule has 132 valence electrons. The molecule has 0 bridgehead atoms. The van der Waals surface area contributed by atoms with Gasteiger partial charge in [-0.15, -0.1) is 0 Å². The Balaban J connectivity index is 0.000000433. The van der Waals surface area contributed by atoms with Gasteiger partial charge in [0.05, 0.1) is 31.7 Å². The van der Waals surface area contributed by atoms with E-state index in [2.05, 4.69) is 27.7 Å². The van der Waals surface area contributed by atoms with E-state index < -0.39 is 5.97 Å². The summed E-state index contributed by atoms with van der Waals surface area (Å²) in [6.07, 6.45) is 5.33. The van der Waals surface area contributed by atoms with Crippen molar-refractivity contribution in [2.75, 3.05) is 31.9 Å². The molecule has 0 aliphatic heterocycles. The predicted molar refractivity (Wildman–Crippen MR) is 98.7 cm³/mol. The normalized spacial score (nSPS) is 10.8. The summed E-state index contributed by atoms with van der Waals surface area (Å²) in [4.78, 5) is 10.3. The van der Waals surface area contributed by atoms with Crippen molar-refractivity contribution in [1.82, 2.24) is 0 Å². The fraction of sp³-hybridized carbons (Fsp3) is 0.632. The van der Waals surface area contributed by atoms with Gasteiger partial charge in [-0.25, -0.2) is 4.79 Å². The number of carboxylic acids is 1. The number of hydrogen-bond donors (Lipinski definition) is 2. The Bertz CT molecular complexity index is 400. The number of nitrogens with zero attached hydrogens (tertiary/aromatic N) is 1. The van der Waals surface area contributed by atoms with Crippen molar-refractivity contribution in [2.45, 2.75) is 53.4 Å². The van der Waals surface area contributed by atoms with Gasteiger partial charge >= 0.3 is 5.97 Å². The molecule has 4 heteroatoms. The molecule has 0 aliphatic rings. The van der Waals surface area contributed by atoms with Gasteiger partial charge in [0, 0.05) is 5.69 Å². The van der Waals surface area contributed by atoms with E-state index in [0.717, 1.165) is 0 Å². The van der Waals surface area contributed by atoms with Crippen LogP contribution < -0.4 is 5.73 Å². The van der Waals surface area contributed by atoms with E-state index in [-0.39, 0.29) is 5.56 Å². The zero-order valence-electron chi connectivity index (χ0n) is 15.3. The van der Waals surface area contributed by atoms with E-state index in [0.29, 0.717) is 5.69 Å². The van der Waals surface area contributed by atoms with Gasteiger partial charge in [0.1, 0.15) is 0 Å². The first-order chi connectivity index (χ1) is 10.9. The molecule has 0 radical (unpaired) electrons. The second-order valence-electron chi connectivity index (χ2n) is 6.16. The molecule has 0 spiro atoms. The van der Waals surface area contributed by atoms with Gasteiger partial charge in [-0.1, -0.05) is 27.7 Å². The van der Waals surface area contributed by atoms with Gasteiger partial charge in [-0.05, 0) is 49.9 Å². The second kappa shape index (κ2) is 11.9. The average molecular weight is 324 g/mol. The third-order valence-corrected chi connectivity index (χ3v) is 3.95.